The Morgan fingerprint density at radius 3 is 2.59 bits per heavy atom. The molecule has 0 spiro atoms. The van der Waals surface area contributed by atoms with E-state index in [1.54, 1.807) is 23.5 Å². The highest BCUT2D eigenvalue weighted by atomic mass is 16.3. The molecule has 192 valence electrons. The van der Waals surface area contributed by atoms with E-state index in [0.717, 1.165) is 22.4 Å². The quantitative estimate of drug-likeness (QED) is 0.459. The first-order valence-electron chi connectivity index (χ1n) is 12.6. The number of aromatic nitrogens is 2. The molecular formula is C28H31N5O4. The lowest BCUT2D eigenvalue weighted by molar-refractivity contribution is -0.143. The summed E-state index contributed by atoms with van der Waals surface area (Å²) >= 11 is 0. The first-order valence-corrected chi connectivity index (χ1v) is 12.6. The van der Waals surface area contributed by atoms with Crippen LogP contribution in [-0.4, -0.2) is 67.3 Å². The molecule has 3 amide bonds. The summed E-state index contributed by atoms with van der Waals surface area (Å²) in [4.78, 5) is 50.2. The van der Waals surface area contributed by atoms with Gasteiger partial charge >= 0.3 is 0 Å². The fourth-order valence-electron chi connectivity index (χ4n) is 5.28. The van der Waals surface area contributed by atoms with Crippen LogP contribution >= 0.6 is 0 Å². The minimum absolute atomic E-state index is 0.0635. The number of carbonyl (C=O) groups excluding carboxylic acids is 3. The summed E-state index contributed by atoms with van der Waals surface area (Å²) in [5.74, 6) is -0.972. The van der Waals surface area contributed by atoms with Gasteiger partial charge in [0, 0.05) is 31.6 Å². The van der Waals surface area contributed by atoms with Crippen molar-refractivity contribution in [2.75, 3.05) is 6.54 Å². The number of amides is 3. The van der Waals surface area contributed by atoms with Crippen molar-refractivity contribution < 1.29 is 19.5 Å². The Labute approximate surface area is 215 Å². The van der Waals surface area contributed by atoms with Crippen molar-refractivity contribution in [3.05, 3.63) is 77.7 Å². The Balaban J connectivity index is 1.27. The summed E-state index contributed by atoms with van der Waals surface area (Å²) in [6, 6.07) is 13.6. The average Bonchev–Trinajstić information content (AvgIpc) is 3.63. The van der Waals surface area contributed by atoms with Crippen LogP contribution in [0.5, 0.6) is 0 Å². The van der Waals surface area contributed by atoms with Crippen molar-refractivity contribution in [1.29, 1.82) is 0 Å². The molecule has 0 bridgehead atoms. The van der Waals surface area contributed by atoms with E-state index in [4.69, 9.17) is 0 Å². The Bertz CT molecular complexity index is 1290. The van der Waals surface area contributed by atoms with E-state index in [2.05, 4.69) is 15.3 Å². The highest BCUT2D eigenvalue weighted by Gasteiger charge is 2.45. The van der Waals surface area contributed by atoms with E-state index in [-0.39, 0.29) is 36.6 Å². The number of hydrogen-bond acceptors (Lipinski definition) is 5. The van der Waals surface area contributed by atoms with Crippen molar-refractivity contribution in [3.8, 4) is 11.3 Å². The third-order valence-corrected chi connectivity index (χ3v) is 7.16. The largest absolute Gasteiger partial charge is 0.391 e. The van der Waals surface area contributed by atoms with Gasteiger partial charge in [-0.2, -0.15) is 0 Å². The lowest BCUT2D eigenvalue weighted by Crippen LogP contribution is -2.55. The molecule has 1 saturated heterocycles. The van der Waals surface area contributed by atoms with Gasteiger partial charge in [-0.3, -0.25) is 14.4 Å². The number of benzene rings is 2. The third kappa shape index (κ3) is 4.86. The molecule has 5 rings (SSSR count). The second-order valence-corrected chi connectivity index (χ2v) is 10.1. The molecule has 0 unspecified atom stereocenters. The lowest BCUT2D eigenvalue weighted by atomic mass is 10.0. The van der Waals surface area contributed by atoms with Crippen molar-refractivity contribution in [1.82, 2.24) is 25.1 Å². The lowest BCUT2D eigenvalue weighted by Gasteiger charge is -2.35. The first kappa shape index (κ1) is 24.7. The topological polar surface area (TPSA) is 119 Å². The van der Waals surface area contributed by atoms with Gasteiger partial charge in [0.05, 0.1) is 24.3 Å². The first-order chi connectivity index (χ1) is 17.8. The van der Waals surface area contributed by atoms with Crippen LogP contribution in [-0.2, 0) is 22.7 Å². The van der Waals surface area contributed by atoms with Crippen molar-refractivity contribution in [2.24, 2.45) is 5.92 Å². The summed E-state index contributed by atoms with van der Waals surface area (Å²) in [5, 5.41) is 13.3. The van der Waals surface area contributed by atoms with E-state index in [9.17, 15) is 19.5 Å². The van der Waals surface area contributed by atoms with Crippen LogP contribution in [0.25, 0.3) is 11.3 Å². The molecule has 2 aliphatic heterocycles. The van der Waals surface area contributed by atoms with Crippen LogP contribution in [0.3, 0.4) is 0 Å². The number of nitrogens with one attached hydrogen (secondary N) is 2. The van der Waals surface area contributed by atoms with Gasteiger partial charge in [0.2, 0.25) is 11.8 Å². The summed E-state index contributed by atoms with van der Waals surface area (Å²) in [5.41, 5.74) is 4.30. The van der Waals surface area contributed by atoms with Gasteiger partial charge in [0.1, 0.15) is 12.1 Å². The van der Waals surface area contributed by atoms with Gasteiger partial charge in [0.15, 0.2) is 0 Å². The van der Waals surface area contributed by atoms with E-state index in [1.807, 2.05) is 56.3 Å². The van der Waals surface area contributed by atoms with Crippen molar-refractivity contribution in [2.45, 2.75) is 51.5 Å². The van der Waals surface area contributed by atoms with E-state index in [0.29, 0.717) is 18.7 Å². The number of carbonyl (C=O) groups is 3. The molecule has 2 aromatic carbocycles. The normalized spacial score (nSPS) is 19.8. The van der Waals surface area contributed by atoms with Crippen LogP contribution < -0.4 is 5.32 Å². The van der Waals surface area contributed by atoms with Crippen LogP contribution in [0.2, 0.25) is 0 Å². The number of hydrogen-bond donors (Lipinski definition) is 3. The van der Waals surface area contributed by atoms with Crippen molar-refractivity contribution >= 4 is 17.7 Å². The number of aromatic amines is 1. The maximum absolute atomic E-state index is 13.8. The molecule has 0 radical (unpaired) electrons. The Morgan fingerprint density at radius 1 is 1.16 bits per heavy atom. The van der Waals surface area contributed by atoms with Gasteiger partial charge in [0.25, 0.3) is 5.91 Å². The predicted octanol–water partition coefficient (Wildman–Crippen LogP) is 2.34. The number of β-amino-alcohol motifs (C(OH)–C–C–N with tert-alkyl or cyclic N) is 1. The molecule has 37 heavy (non-hydrogen) atoms. The average molecular weight is 502 g/mol. The number of aliphatic hydroxyl groups excluding tert-OH is 1. The molecule has 3 heterocycles. The molecule has 3 aromatic rings. The fraction of sp³-hybridized carbons (Fsp3) is 0.357. The van der Waals surface area contributed by atoms with E-state index in [1.165, 1.54) is 4.90 Å². The number of rotatable bonds is 7. The van der Waals surface area contributed by atoms with Gasteiger partial charge in [-0.15, -0.1) is 0 Å². The van der Waals surface area contributed by atoms with Gasteiger partial charge < -0.3 is 25.2 Å². The Hall–Kier alpha value is -3.98. The summed E-state index contributed by atoms with van der Waals surface area (Å²) in [6.07, 6.45) is 2.73. The fourth-order valence-corrected chi connectivity index (χ4v) is 5.28. The molecule has 9 heteroatoms. The Kier molecular flexibility index (Phi) is 6.80. The zero-order chi connectivity index (χ0) is 26.1. The monoisotopic (exact) mass is 501 g/mol. The van der Waals surface area contributed by atoms with Gasteiger partial charge in [-0.1, -0.05) is 56.3 Å². The van der Waals surface area contributed by atoms with Crippen LogP contribution in [0.4, 0.5) is 0 Å². The third-order valence-electron chi connectivity index (χ3n) is 7.16. The molecular weight excluding hydrogens is 470 g/mol. The number of likely N-dealkylation sites (tertiary alicyclic amines) is 1. The van der Waals surface area contributed by atoms with Crippen LogP contribution in [0.1, 0.15) is 41.8 Å². The SMILES string of the molecule is CC(C)[C@@H](C(=O)N1C[C@H](O)C[C@H]1C(=O)NCc1ccc(-c2cnc[nH]2)cc1)N1Cc2ccccc2C1=O. The second kappa shape index (κ2) is 10.2. The van der Waals surface area contributed by atoms with Gasteiger partial charge in [-0.25, -0.2) is 4.98 Å². The van der Waals surface area contributed by atoms with Crippen LogP contribution in [0, 0.1) is 5.92 Å². The molecule has 1 fully saturated rings. The summed E-state index contributed by atoms with van der Waals surface area (Å²) in [7, 11) is 0. The molecule has 3 N–H and O–H groups in total. The minimum Gasteiger partial charge on any atom is -0.391 e. The number of H-pyrrole nitrogens is 1. The minimum atomic E-state index is -0.798. The maximum atomic E-state index is 13.8. The van der Waals surface area contributed by atoms with E-state index < -0.39 is 18.2 Å². The smallest absolute Gasteiger partial charge is 0.255 e. The summed E-state index contributed by atoms with van der Waals surface area (Å²) < 4.78 is 0. The maximum Gasteiger partial charge on any atom is 0.255 e. The number of imidazole rings is 1. The molecule has 1 aromatic heterocycles. The zero-order valence-corrected chi connectivity index (χ0v) is 20.9. The Morgan fingerprint density at radius 2 is 1.92 bits per heavy atom. The molecule has 3 atom stereocenters. The number of fused-ring (bicyclic) bond motifs is 1. The highest BCUT2D eigenvalue weighted by Crippen LogP contribution is 2.30. The zero-order valence-electron chi connectivity index (χ0n) is 20.9. The molecule has 0 saturated carbocycles. The summed E-state index contributed by atoms with van der Waals surface area (Å²) in [6.45, 7) is 4.50. The molecule has 2 aliphatic rings. The van der Waals surface area contributed by atoms with Crippen LogP contribution in [0.15, 0.2) is 61.1 Å². The standard InChI is InChI=1S/C28H31N5O4/c1-17(2)25(33-14-20-5-3-4-6-22(20)27(33)36)28(37)32-15-21(34)11-24(32)26(35)30-12-18-7-9-19(10-8-18)23-13-29-16-31-23/h3-10,13,16-17,21,24-25,34H,11-12,14-15H2,1-2H3,(H,29,31)(H,30,35)/t21-,24+,25+/m1/s1. The van der Waals surface area contributed by atoms with Crippen molar-refractivity contribution in [3.63, 3.8) is 0 Å². The number of aliphatic hydroxyl groups is 1. The molecule has 0 aliphatic carbocycles. The highest BCUT2D eigenvalue weighted by molar-refractivity contribution is 6.01. The second-order valence-electron chi connectivity index (χ2n) is 10.1. The van der Waals surface area contributed by atoms with E-state index >= 15 is 0 Å². The number of nitrogens with zero attached hydrogens (tertiary/aromatic N) is 3. The molecule has 9 nitrogen and oxygen atoms in total. The predicted molar refractivity (Wildman–Crippen MR) is 137 cm³/mol. The van der Waals surface area contributed by atoms with Gasteiger partial charge in [-0.05, 0) is 28.7 Å².